The topological polar surface area (TPSA) is 102 Å². The van der Waals surface area contributed by atoms with Gasteiger partial charge in [0.25, 0.3) is 11.5 Å². The van der Waals surface area contributed by atoms with Crippen molar-refractivity contribution in [1.82, 2.24) is 14.1 Å². The molecule has 8 nitrogen and oxygen atoms in total. The van der Waals surface area contributed by atoms with Gasteiger partial charge in [0.2, 0.25) is 5.88 Å². The average Bonchev–Trinajstić information content (AvgIpc) is 3.42. The fourth-order valence-electron chi connectivity index (χ4n) is 5.22. The normalized spacial score (nSPS) is 16.3. The third-order valence-electron chi connectivity index (χ3n) is 7.37. The van der Waals surface area contributed by atoms with Gasteiger partial charge in [-0.05, 0) is 49.3 Å². The molecule has 2 atom stereocenters. The molecule has 0 saturated carbocycles. The van der Waals surface area contributed by atoms with Crippen LogP contribution in [0.25, 0.3) is 21.1 Å². The minimum atomic E-state index is -0.888. The van der Waals surface area contributed by atoms with Crippen molar-refractivity contribution in [2.24, 2.45) is 16.1 Å². The van der Waals surface area contributed by atoms with Crippen LogP contribution in [0.5, 0.6) is 5.88 Å². The zero-order chi connectivity index (χ0) is 26.4. The molecular weight excluding hydrogens is 498 g/mol. The molecule has 0 saturated heterocycles. The number of rotatable bonds is 5. The fourth-order valence-corrected chi connectivity index (χ4v) is 6.56. The minimum absolute atomic E-state index is 0.0707. The Balaban J connectivity index is 1.32. The first-order valence-electron chi connectivity index (χ1n) is 12.7. The molecule has 9 heteroatoms. The van der Waals surface area contributed by atoms with E-state index in [0.717, 1.165) is 40.7 Å². The second kappa shape index (κ2) is 9.64. The molecule has 0 unspecified atom stereocenters. The maximum Gasteiger partial charge on any atom is 0.287 e. The molecule has 3 heterocycles. The van der Waals surface area contributed by atoms with Gasteiger partial charge in [-0.2, -0.15) is 0 Å². The van der Waals surface area contributed by atoms with Crippen molar-refractivity contribution in [2.75, 3.05) is 0 Å². The number of thiophene rings is 1. The lowest BCUT2D eigenvalue weighted by Gasteiger charge is -2.17. The van der Waals surface area contributed by atoms with Crippen LogP contribution in [-0.4, -0.2) is 25.1 Å². The van der Waals surface area contributed by atoms with Crippen LogP contribution in [0.2, 0.25) is 0 Å². The van der Waals surface area contributed by atoms with Crippen LogP contribution in [0.4, 0.5) is 5.69 Å². The number of carbonyl (C=O) groups excluding carboxylic acids is 1. The lowest BCUT2D eigenvalue weighted by molar-refractivity contribution is -0.121. The molecule has 1 aliphatic rings. The summed E-state index contributed by atoms with van der Waals surface area (Å²) in [4.78, 5) is 33.0. The third-order valence-corrected chi connectivity index (χ3v) is 8.53. The number of carbonyl (C=O) groups is 1. The van der Waals surface area contributed by atoms with Crippen molar-refractivity contribution in [3.63, 3.8) is 0 Å². The van der Waals surface area contributed by atoms with Crippen LogP contribution in [0, 0.1) is 5.92 Å². The zero-order valence-electron chi connectivity index (χ0n) is 21.2. The van der Waals surface area contributed by atoms with Gasteiger partial charge in [0.1, 0.15) is 10.9 Å². The Kier molecular flexibility index (Phi) is 6.15. The van der Waals surface area contributed by atoms with Crippen molar-refractivity contribution in [3.05, 3.63) is 87.3 Å². The van der Waals surface area contributed by atoms with Crippen LogP contribution in [0.15, 0.2) is 75.9 Å². The van der Waals surface area contributed by atoms with E-state index in [2.05, 4.69) is 22.1 Å². The van der Waals surface area contributed by atoms with Gasteiger partial charge in [-0.15, -0.1) is 21.6 Å². The molecule has 38 heavy (non-hydrogen) atoms. The number of azo groups is 1. The highest BCUT2D eigenvalue weighted by molar-refractivity contribution is 7.18. The standard InChI is InChI=1S/C29H27N5O3S/c1-17-12-13-21-23(14-17)38-27-24(21)28(36)34(16-30-27)18(2)26(35)32-31-25-20-10-6-7-11-22(20)33(29(25)37)15-19-8-4-3-5-9-19/h3-11,16-18,37H,12-15H2,1-2H3/t17-,18+/m1/s1. The number of para-hydroxylation sites is 1. The maximum atomic E-state index is 13.4. The lowest BCUT2D eigenvalue weighted by Crippen LogP contribution is -2.28. The molecule has 0 fully saturated rings. The van der Waals surface area contributed by atoms with Crippen molar-refractivity contribution in [3.8, 4) is 5.88 Å². The molecular formula is C29H27N5O3S. The number of aryl methyl sites for hydroxylation is 1. The van der Waals surface area contributed by atoms with E-state index in [1.54, 1.807) is 22.8 Å². The summed E-state index contributed by atoms with van der Waals surface area (Å²) in [6, 6.07) is 16.4. The Morgan fingerprint density at radius 3 is 2.76 bits per heavy atom. The summed E-state index contributed by atoms with van der Waals surface area (Å²) >= 11 is 1.58. The second-order valence-electron chi connectivity index (χ2n) is 9.96. The van der Waals surface area contributed by atoms with E-state index in [0.29, 0.717) is 23.2 Å². The van der Waals surface area contributed by atoms with Gasteiger partial charge in [0.05, 0.1) is 23.8 Å². The SMILES string of the molecule is C[C@@H]1CCc2c(sc3ncn([C@@H](C)C(=O)N=Nc4c(O)n(Cc5ccccc5)c5ccccc45)c(=O)c23)C1. The second-order valence-corrected chi connectivity index (χ2v) is 11.0. The van der Waals surface area contributed by atoms with E-state index in [-0.39, 0.29) is 17.1 Å². The average molecular weight is 526 g/mol. The number of fused-ring (bicyclic) bond motifs is 4. The Morgan fingerprint density at radius 2 is 1.95 bits per heavy atom. The van der Waals surface area contributed by atoms with Crippen LogP contribution in [0.1, 0.15) is 42.3 Å². The number of amides is 1. The highest BCUT2D eigenvalue weighted by Gasteiger charge is 2.25. The minimum Gasteiger partial charge on any atom is -0.493 e. The smallest absolute Gasteiger partial charge is 0.287 e. The highest BCUT2D eigenvalue weighted by Crippen LogP contribution is 2.39. The Hall–Kier alpha value is -4.11. The predicted octanol–water partition coefficient (Wildman–Crippen LogP) is 6.16. The van der Waals surface area contributed by atoms with Gasteiger partial charge < -0.3 is 9.67 Å². The van der Waals surface area contributed by atoms with Crippen LogP contribution >= 0.6 is 11.3 Å². The van der Waals surface area contributed by atoms with Crippen LogP contribution in [-0.2, 0) is 24.2 Å². The number of hydrogen-bond acceptors (Lipinski definition) is 6. The molecule has 2 aromatic carbocycles. The Bertz CT molecular complexity index is 1770. The van der Waals surface area contributed by atoms with Crippen molar-refractivity contribution in [1.29, 1.82) is 0 Å². The highest BCUT2D eigenvalue weighted by atomic mass is 32.1. The maximum absolute atomic E-state index is 13.4. The van der Waals surface area contributed by atoms with Gasteiger partial charge in [0, 0.05) is 10.3 Å². The first-order chi connectivity index (χ1) is 18.4. The summed E-state index contributed by atoms with van der Waals surface area (Å²) in [5.74, 6) is -0.0716. The number of benzene rings is 2. The molecule has 6 rings (SSSR count). The van der Waals surface area contributed by atoms with Crippen LogP contribution < -0.4 is 5.56 Å². The molecule has 1 amide bonds. The molecule has 192 valence electrons. The quantitative estimate of drug-likeness (QED) is 0.278. The fraction of sp³-hybridized carbons (Fsp3) is 0.276. The van der Waals surface area contributed by atoms with Crippen molar-refractivity contribution >= 4 is 44.1 Å². The summed E-state index contributed by atoms with van der Waals surface area (Å²) in [5.41, 5.74) is 2.88. The van der Waals surface area contributed by atoms with Gasteiger partial charge in [-0.1, -0.05) is 55.5 Å². The molecule has 5 aromatic rings. The summed E-state index contributed by atoms with van der Waals surface area (Å²) in [7, 11) is 0. The summed E-state index contributed by atoms with van der Waals surface area (Å²) in [6.45, 7) is 4.29. The number of aromatic hydroxyl groups is 1. The monoisotopic (exact) mass is 525 g/mol. The van der Waals surface area contributed by atoms with Gasteiger partial charge in [0.15, 0.2) is 5.69 Å². The number of nitrogens with zero attached hydrogens (tertiary/aromatic N) is 5. The third kappa shape index (κ3) is 4.12. The van der Waals surface area contributed by atoms with Crippen molar-refractivity contribution in [2.45, 2.75) is 45.7 Å². The van der Waals surface area contributed by atoms with E-state index in [9.17, 15) is 14.7 Å². The molecule has 3 aromatic heterocycles. The van der Waals surface area contributed by atoms with E-state index in [1.807, 2.05) is 54.6 Å². The molecule has 0 bridgehead atoms. The molecule has 1 N–H and O–H groups in total. The number of hydrogen-bond donors (Lipinski definition) is 1. The zero-order valence-corrected chi connectivity index (χ0v) is 22.0. The van der Waals surface area contributed by atoms with Gasteiger partial charge >= 0.3 is 0 Å². The molecule has 0 aliphatic heterocycles. The lowest BCUT2D eigenvalue weighted by atomic mass is 9.89. The molecule has 0 radical (unpaired) electrons. The van der Waals surface area contributed by atoms with Crippen molar-refractivity contribution < 1.29 is 9.90 Å². The molecule has 0 spiro atoms. The van der Waals surface area contributed by atoms with E-state index < -0.39 is 11.9 Å². The van der Waals surface area contributed by atoms with Gasteiger partial charge in [-0.25, -0.2) is 4.98 Å². The van der Waals surface area contributed by atoms with Crippen LogP contribution in [0.3, 0.4) is 0 Å². The summed E-state index contributed by atoms with van der Waals surface area (Å²) < 4.78 is 3.09. The predicted molar refractivity (Wildman–Crippen MR) is 148 cm³/mol. The van der Waals surface area contributed by atoms with E-state index in [4.69, 9.17) is 0 Å². The summed E-state index contributed by atoms with van der Waals surface area (Å²) in [6.07, 6.45) is 4.28. The summed E-state index contributed by atoms with van der Waals surface area (Å²) in [5, 5.41) is 20.5. The molecule has 1 aliphatic carbocycles. The Labute approximate surface area is 222 Å². The first-order valence-corrected chi connectivity index (χ1v) is 13.5. The van der Waals surface area contributed by atoms with E-state index in [1.165, 1.54) is 15.8 Å². The largest absolute Gasteiger partial charge is 0.493 e. The number of aromatic nitrogens is 3. The van der Waals surface area contributed by atoms with E-state index >= 15 is 0 Å². The first kappa shape index (κ1) is 24.2. The van der Waals surface area contributed by atoms with Gasteiger partial charge in [-0.3, -0.25) is 14.2 Å². The Morgan fingerprint density at radius 1 is 1.18 bits per heavy atom.